The van der Waals surface area contributed by atoms with Crippen LogP contribution in [-0.4, -0.2) is 34.9 Å². The number of ketones is 1. The number of Topliss-reactive ketones (excluding diaryl/α,β-unsaturated/α-hetero) is 1. The number of aromatic amines is 1. The van der Waals surface area contributed by atoms with Crippen molar-refractivity contribution in [3.63, 3.8) is 0 Å². The molecule has 1 aromatic heterocycles. The summed E-state index contributed by atoms with van der Waals surface area (Å²) in [6, 6.07) is 21.2. The zero-order valence-electron chi connectivity index (χ0n) is 21.8. The topological polar surface area (TPSA) is 102 Å². The maximum Gasteiger partial charge on any atom is 0.297 e. The number of carbonyl (C=O) groups excluding carboxylic acids is 2. The van der Waals surface area contributed by atoms with Gasteiger partial charge >= 0.3 is 0 Å². The first-order valence-corrected chi connectivity index (χ1v) is 12.6. The molecule has 4 rings (SSSR count). The van der Waals surface area contributed by atoms with Crippen molar-refractivity contribution < 1.29 is 19.1 Å². The number of para-hydroxylation sites is 1. The normalized spacial score (nSPS) is 10.8. The molecule has 8 nitrogen and oxygen atoms in total. The molecular weight excluding hydrogens is 482 g/mol. The third kappa shape index (κ3) is 6.08. The fourth-order valence-electron chi connectivity index (χ4n) is 4.20. The van der Waals surface area contributed by atoms with Gasteiger partial charge in [0.1, 0.15) is 17.1 Å². The van der Waals surface area contributed by atoms with Gasteiger partial charge in [-0.1, -0.05) is 67.6 Å². The lowest BCUT2D eigenvalue weighted by molar-refractivity contribution is -0.116. The molecule has 0 spiro atoms. The van der Waals surface area contributed by atoms with Crippen LogP contribution in [0.3, 0.4) is 0 Å². The molecule has 1 amide bonds. The summed E-state index contributed by atoms with van der Waals surface area (Å²) in [5.41, 5.74) is 1.11. The van der Waals surface area contributed by atoms with E-state index in [0.717, 1.165) is 27.6 Å². The standard InChI is InChI=1S/C30H31N3O5/c1-4-25(35)27-28(33(21(3)34)19-23-14-9-13-22-12-6-7-15-24(22)23)29(36)32-30(31-27)38-18-10-17-37-26-16-8-5-11-20(26)2/h5-9,11-16H,4,10,17-19H2,1-3H3,(H,31,32,36). The van der Waals surface area contributed by atoms with Crippen LogP contribution in [0.5, 0.6) is 11.8 Å². The Morgan fingerprint density at radius 2 is 1.66 bits per heavy atom. The molecule has 0 atom stereocenters. The highest BCUT2D eigenvalue weighted by Gasteiger charge is 2.26. The van der Waals surface area contributed by atoms with Gasteiger partial charge in [-0.3, -0.25) is 19.4 Å². The van der Waals surface area contributed by atoms with Crippen LogP contribution in [0.1, 0.15) is 48.3 Å². The number of hydrogen-bond acceptors (Lipinski definition) is 6. The number of nitrogens with one attached hydrogen (secondary N) is 1. The number of amides is 1. The van der Waals surface area contributed by atoms with Gasteiger partial charge in [-0.15, -0.1) is 0 Å². The van der Waals surface area contributed by atoms with E-state index < -0.39 is 5.56 Å². The van der Waals surface area contributed by atoms with E-state index in [-0.39, 0.29) is 48.7 Å². The van der Waals surface area contributed by atoms with Crippen LogP contribution in [-0.2, 0) is 11.3 Å². The lowest BCUT2D eigenvalue weighted by atomic mass is 10.0. The van der Waals surface area contributed by atoms with Gasteiger partial charge < -0.3 is 14.4 Å². The van der Waals surface area contributed by atoms with Crippen LogP contribution in [0.2, 0.25) is 0 Å². The minimum Gasteiger partial charge on any atom is -0.493 e. The number of nitrogens with zero attached hydrogens (tertiary/aromatic N) is 2. The molecule has 0 unspecified atom stereocenters. The SMILES string of the molecule is CCC(=O)c1nc(OCCCOc2ccccc2C)[nH]c(=O)c1N(Cc1cccc2ccccc12)C(C)=O. The Kier molecular flexibility index (Phi) is 8.53. The van der Waals surface area contributed by atoms with Gasteiger partial charge in [0, 0.05) is 19.8 Å². The van der Waals surface area contributed by atoms with Gasteiger partial charge in [0.05, 0.1) is 19.8 Å². The Morgan fingerprint density at radius 1 is 0.947 bits per heavy atom. The number of anilines is 1. The number of fused-ring (bicyclic) bond motifs is 1. The molecule has 38 heavy (non-hydrogen) atoms. The molecule has 196 valence electrons. The fraction of sp³-hybridized carbons (Fsp3) is 0.267. The molecule has 0 radical (unpaired) electrons. The van der Waals surface area contributed by atoms with Crippen LogP contribution >= 0.6 is 0 Å². The van der Waals surface area contributed by atoms with Crippen LogP contribution < -0.4 is 19.9 Å². The fourth-order valence-corrected chi connectivity index (χ4v) is 4.20. The lowest BCUT2D eigenvalue weighted by Crippen LogP contribution is -2.35. The molecule has 0 aliphatic rings. The molecular formula is C30H31N3O5. The van der Waals surface area contributed by atoms with Gasteiger partial charge in [0.25, 0.3) is 11.6 Å². The number of ether oxygens (including phenoxy) is 2. The van der Waals surface area contributed by atoms with Crippen molar-refractivity contribution in [1.29, 1.82) is 0 Å². The number of aryl methyl sites for hydroxylation is 1. The second kappa shape index (κ2) is 12.2. The minimum absolute atomic E-state index is 0.0693. The van der Waals surface area contributed by atoms with E-state index in [1.807, 2.05) is 73.7 Å². The molecule has 0 saturated carbocycles. The van der Waals surface area contributed by atoms with E-state index >= 15 is 0 Å². The maximum atomic E-state index is 13.2. The highest BCUT2D eigenvalue weighted by Crippen LogP contribution is 2.25. The number of benzene rings is 3. The average molecular weight is 514 g/mol. The molecule has 0 aliphatic carbocycles. The lowest BCUT2D eigenvalue weighted by Gasteiger charge is -2.23. The quantitative estimate of drug-likeness (QED) is 0.218. The molecule has 3 aromatic carbocycles. The van der Waals surface area contributed by atoms with E-state index in [2.05, 4.69) is 9.97 Å². The van der Waals surface area contributed by atoms with Crippen molar-refractivity contribution in [2.75, 3.05) is 18.1 Å². The summed E-state index contributed by atoms with van der Waals surface area (Å²) in [6.07, 6.45) is 0.657. The molecule has 8 heteroatoms. The molecule has 1 N–H and O–H groups in total. The van der Waals surface area contributed by atoms with Gasteiger partial charge in [-0.05, 0) is 34.9 Å². The van der Waals surface area contributed by atoms with Crippen molar-refractivity contribution in [2.45, 2.75) is 40.2 Å². The van der Waals surface area contributed by atoms with Crippen molar-refractivity contribution in [3.05, 3.63) is 93.9 Å². The number of hydrogen-bond donors (Lipinski definition) is 1. The highest BCUT2D eigenvalue weighted by molar-refractivity contribution is 6.03. The van der Waals surface area contributed by atoms with Crippen molar-refractivity contribution in [1.82, 2.24) is 9.97 Å². The smallest absolute Gasteiger partial charge is 0.297 e. The van der Waals surface area contributed by atoms with Crippen molar-refractivity contribution >= 4 is 28.2 Å². The third-order valence-electron chi connectivity index (χ3n) is 6.20. The third-order valence-corrected chi connectivity index (χ3v) is 6.20. The summed E-state index contributed by atoms with van der Waals surface area (Å²) in [7, 11) is 0. The summed E-state index contributed by atoms with van der Waals surface area (Å²) in [4.78, 5) is 47.1. The Bertz CT molecular complexity index is 1510. The Hall–Kier alpha value is -4.46. The molecule has 0 fully saturated rings. The molecule has 4 aromatic rings. The summed E-state index contributed by atoms with van der Waals surface area (Å²) < 4.78 is 11.4. The second-order valence-corrected chi connectivity index (χ2v) is 8.90. The second-order valence-electron chi connectivity index (χ2n) is 8.90. The van der Waals surface area contributed by atoms with E-state index in [1.165, 1.54) is 11.8 Å². The van der Waals surface area contributed by atoms with Gasteiger partial charge in [-0.25, -0.2) is 0 Å². The summed E-state index contributed by atoms with van der Waals surface area (Å²) in [5.74, 6) is 0.0650. The van der Waals surface area contributed by atoms with E-state index in [0.29, 0.717) is 13.0 Å². The zero-order valence-corrected chi connectivity index (χ0v) is 21.8. The first kappa shape index (κ1) is 26.6. The Labute approximate surface area is 221 Å². The van der Waals surface area contributed by atoms with Gasteiger partial charge in [0.15, 0.2) is 5.78 Å². The van der Waals surface area contributed by atoms with Crippen molar-refractivity contribution in [3.8, 4) is 11.8 Å². The van der Waals surface area contributed by atoms with Crippen LogP contribution in [0, 0.1) is 6.92 Å². The predicted molar refractivity (Wildman–Crippen MR) is 147 cm³/mol. The molecule has 0 bridgehead atoms. The minimum atomic E-state index is -0.613. The number of carbonyl (C=O) groups is 2. The van der Waals surface area contributed by atoms with E-state index in [9.17, 15) is 14.4 Å². The summed E-state index contributed by atoms with van der Waals surface area (Å²) >= 11 is 0. The van der Waals surface area contributed by atoms with Gasteiger partial charge in [-0.2, -0.15) is 4.98 Å². The molecule has 1 heterocycles. The Balaban J connectivity index is 1.55. The summed E-state index contributed by atoms with van der Waals surface area (Å²) in [5, 5.41) is 1.97. The van der Waals surface area contributed by atoms with Crippen LogP contribution in [0.25, 0.3) is 10.8 Å². The van der Waals surface area contributed by atoms with E-state index in [4.69, 9.17) is 9.47 Å². The average Bonchev–Trinajstić information content (AvgIpc) is 2.92. The van der Waals surface area contributed by atoms with Gasteiger partial charge in [0.2, 0.25) is 5.91 Å². The van der Waals surface area contributed by atoms with Crippen molar-refractivity contribution in [2.24, 2.45) is 0 Å². The first-order valence-electron chi connectivity index (χ1n) is 12.6. The number of rotatable bonds is 11. The summed E-state index contributed by atoms with van der Waals surface area (Å²) in [6.45, 7) is 5.77. The van der Waals surface area contributed by atoms with Crippen LogP contribution in [0.15, 0.2) is 71.5 Å². The first-order chi connectivity index (χ1) is 18.4. The Morgan fingerprint density at radius 3 is 2.42 bits per heavy atom. The predicted octanol–water partition coefficient (Wildman–Crippen LogP) is 5.23. The zero-order chi connectivity index (χ0) is 27.1. The monoisotopic (exact) mass is 513 g/mol. The maximum absolute atomic E-state index is 13.2. The largest absolute Gasteiger partial charge is 0.493 e. The van der Waals surface area contributed by atoms with Crippen LogP contribution in [0.4, 0.5) is 5.69 Å². The molecule has 0 aliphatic heterocycles. The van der Waals surface area contributed by atoms with E-state index in [1.54, 1.807) is 6.92 Å². The molecule has 0 saturated heterocycles. The highest BCUT2D eigenvalue weighted by atomic mass is 16.5. The number of H-pyrrole nitrogens is 1. The number of aromatic nitrogens is 2.